The van der Waals surface area contributed by atoms with Crippen molar-refractivity contribution in [1.82, 2.24) is 8.94 Å². The number of aromatic nitrogens is 2. The van der Waals surface area contributed by atoms with Crippen molar-refractivity contribution in [2.45, 2.75) is 0 Å². The fourth-order valence-electron chi connectivity index (χ4n) is 2.81. The molecule has 0 bridgehead atoms. The summed E-state index contributed by atoms with van der Waals surface area (Å²) >= 11 is 1.49. The quantitative estimate of drug-likeness (QED) is 0.529. The molecule has 6 heteroatoms. The molecule has 3 aromatic carbocycles. The van der Waals surface area contributed by atoms with Gasteiger partial charge < -0.3 is 5.11 Å². The molecule has 4 nitrogen and oxygen atoms in total. The lowest BCUT2D eigenvalue weighted by Crippen LogP contribution is -2.01. The van der Waals surface area contributed by atoms with Gasteiger partial charge in [-0.15, -0.1) is 17.0 Å². The normalized spacial score (nSPS) is 11.5. The van der Waals surface area contributed by atoms with Crippen molar-refractivity contribution in [1.29, 1.82) is 0 Å². The largest absolute Gasteiger partial charge is 0.394 e. The molecule has 1 heterocycles. The van der Waals surface area contributed by atoms with Gasteiger partial charge in [0.25, 0.3) is 0 Å². The lowest BCUT2D eigenvalue weighted by molar-refractivity contribution is 0.305. The molecule has 0 unspecified atom stereocenters. The van der Waals surface area contributed by atoms with E-state index in [1.54, 1.807) is 0 Å². The summed E-state index contributed by atoms with van der Waals surface area (Å²) in [5.74, 6) is 0.860. The Hall–Kier alpha value is -2.28. The summed E-state index contributed by atoms with van der Waals surface area (Å²) in [6, 6.07) is 24.7. The average Bonchev–Trinajstić information content (AvgIpc) is 3.10. The molecule has 0 aliphatic carbocycles. The van der Waals surface area contributed by atoms with E-state index in [0.29, 0.717) is 11.3 Å². The summed E-state index contributed by atoms with van der Waals surface area (Å²) in [5, 5.41) is 11.4. The zero-order valence-corrected chi connectivity index (χ0v) is 16.5. The second-order valence-electron chi connectivity index (χ2n) is 5.57. The van der Waals surface area contributed by atoms with Crippen LogP contribution in [0.1, 0.15) is 0 Å². The molecule has 0 spiro atoms. The second-order valence-corrected chi connectivity index (χ2v) is 6.49. The number of hydrogen-bond acceptors (Lipinski definition) is 4. The molecule has 0 fully saturated rings. The molecule has 4 aromatic rings. The van der Waals surface area contributed by atoms with Gasteiger partial charge in [0.05, 0.1) is 18.8 Å². The Balaban J connectivity index is 0.00000196. The maximum atomic E-state index is 9.06. The number of hydrogen-bond donors (Lipinski definition) is 1. The number of halogens is 1. The van der Waals surface area contributed by atoms with Gasteiger partial charge in [0, 0.05) is 10.9 Å². The highest BCUT2D eigenvalue weighted by Crippen LogP contribution is 2.27. The Morgan fingerprint density at radius 3 is 2.46 bits per heavy atom. The van der Waals surface area contributed by atoms with E-state index in [9.17, 15) is 0 Å². The smallest absolute Gasteiger partial charge is 0.223 e. The lowest BCUT2D eigenvalue weighted by Gasteiger charge is -2.09. The summed E-state index contributed by atoms with van der Waals surface area (Å²) in [7, 11) is 0. The van der Waals surface area contributed by atoms with Crippen molar-refractivity contribution >= 4 is 39.3 Å². The highest BCUT2D eigenvalue weighted by molar-refractivity contribution is 8.93. The second kappa shape index (κ2) is 8.40. The highest BCUT2D eigenvalue weighted by atomic mass is 79.9. The summed E-state index contributed by atoms with van der Waals surface area (Å²) in [5.41, 5.74) is 2.12. The molecule has 0 atom stereocenters. The van der Waals surface area contributed by atoms with Crippen LogP contribution in [-0.2, 0) is 0 Å². The Bertz CT molecular complexity index is 1070. The zero-order chi connectivity index (χ0) is 17.1. The molecule has 0 radical (unpaired) electrons. The predicted octanol–water partition coefficient (Wildman–Crippen LogP) is 4.22. The summed E-state index contributed by atoms with van der Waals surface area (Å²) in [6.07, 6.45) is 0. The fraction of sp³-hybridized carbons (Fsp3) is 0.100. The van der Waals surface area contributed by atoms with Crippen LogP contribution in [0.25, 0.3) is 27.8 Å². The van der Waals surface area contributed by atoms with Gasteiger partial charge >= 0.3 is 0 Å². The number of fused-ring (bicyclic) bond motifs is 1. The Morgan fingerprint density at radius 1 is 0.923 bits per heavy atom. The van der Waals surface area contributed by atoms with Crippen LogP contribution in [0.3, 0.4) is 0 Å². The van der Waals surface area contributed by atoms with Crippen LogP contribution in [0.15, 0.2) is 77.8 Å². The van der Waals surface area contributed by atoms with Crippen molar-refractivity contribution in [2.24, 2.45) is 4.99 Å². The number of aliphatic hydroxyl groups excluding tert-OH is 1. The van der Waals surface area contributed by atoms with E-state index in [-0.39, 0.29) is 23.6 Å². The van der Waals surface area contributed by atoms with Crippen LogP contribution >= 0.6 is 28.5 Å². The minimum absolute atomic E-state index is 0. The molecule has 0 saturated heterocycles. The molecular weight excluding hydrogens is 410 g/mol. The molecule has 0 aliphatic rings. The third-order valence-electron chi connectivity index (χ3n) is 3.93. The number of rotatable bonds is 4. The molecule has 0 aliphatic heterocycles. The Labute approximate surface area is 166 Å². The van der Waals surface area contributed by atoms with Crippen molar-refractivity contribution in [3.8, 4) is 17.1 Å². The molecule has 0 saturated carbocycles. The first kappa shape index (κ1) is 18.5. The summed E-state index contributed by atoms with van der Waals surface area (Å²) in [4.78, 5) is 9.75. The predicted molar refractivity (Wildman–Crippen MR) is 112 cm³/mol. The first-order valence-electron chi connectivity index (χ1n) is 8.12. The van der Waals surface area contributed by atoms with E-state index < -0.39 is 0 Å². The third-order valence-corrected chi connectivity index (χ3v) is 4.87. The van der Waals surface area contributed by atoms with Crippen molar-refractivity contribution in [3.05, 3.63) is 77.6 Å². The first-order valence-corrected chi connectivity index (χ1v) is 8.89. The standard InChI is InChI=1S/C20H17N3OS.BrH/c24-14-13-21-20-22-19(16-8-2-1-3-9-16)23(25-20)18-12-6-10-15-7-4-5-11-17(15)18;/h1-12,24H,13-14H2;1H. The van der Waals surface area contributed by atoms with E-state index in [1.807, 2.05) is 42.5 Å². The van der Waals surface area contributed by atoms with Crippen LogP contribution in [0.2, 0.25) is 0 Å². The Morgan fingerprint density at radius 2 is 1.65 bits per heavy atom. The van der Waals surface area contributed by atoms with E-state index in [2.05, 4.69) is 39.3 Å². The van der Waals surface area contributed by atoms with Crippen molar-refractivity contribution < 1.29 is 5.11 Å². The van der Waals surface area contributed by atoms with E-state index in [4.69, 9.17) is 10.1 Å². The maximum absolute atomic E-state index is 9.06. The minimum Gasteiger partial charge on any atom is -0.394 e. The monoisotopic (exact) mass is 427 g/mol. The fourth-order valence-corrected chi connectivity index (χ4v) is 3.74. The molecule has 26 heavy (non-hydrogen) atoms. The molecule has 0 amide bonds. The van der Waals surface area contributed by atoms with Gasteiger partial charge in [0.15, 0.2) is 5.82 Å². The van der Waals surface area contributed by atoms with Crippen LogP contribution in [0, 0.1) is 0 Å². The van der Waals surface area contributed by atoms with Crippen LogP contribution in [0.4, 0.5) is 0 Å². The minimum atomic E-state index is 0. The topological polar surface area (TPSA) is 50.4 Å². The van der Waals surface area contributed by atoms with Gasteiger partial charge in [0.2, 0.25) is 4.80 Å². The van der Waals surface area contributed by atoms with Gasteiger partial charge in [-0.2, -0.15) is 4.98 Å². The number of aliphatic hydroxyl groups is 1. The van der Waals surface area contributed by atoms with Crippen molar-refractivity contribution in [2.75, 3.05) is 13.2 Å². The lowest BCUT2D eigenvalue weighted by atomic mass is 10.1. The summed E-state index contributed by atoms with van der Waals surface area (Å²) < 4.78 is 2.12. The van der Waals surface area contributed by atoms with Gasteiger partial charge in [-0.3, -0.25) is 4.99 Å². The van der Waals surface area contributed by atoms with Crippen LogP contribution in [-0.4, -0.2) is 27.2 Å². The first-order chi connectivity index (χ1) is 12.4. The molecule has 1 N–H and O–H groups in total. The van der Waals surface area contributed by atoms with Crippen LogP contribution in [0.5, 0.6) is 0 Å². The van der Waals surface area contributed by atoms with Gasteiger partial charge in [-0.25, -0.2) is 3.96 Å². The Kier molecular flexibility index (Phi) is 5.98. The van der Waals surface area contributed by atoms with Crippen LogP contribution < -0.4 is 4.80 Å². The third kappa shape index (κ3) is 3.62. The zero-order valence-electron chi connectivity index (χ0n) is 13.9. The summed E-state index contributed by atoms with van der Waals surface area (Å²) in [6.45, 7) is 0.381. The van der Waals surface area contributed by atoms with E-state index >= 15 is 0 Å². The molecule has 1 aromatic heterocycles. The van der Waals surface area contributed by atoms with Gasteiger partial charge in [-0.05, 0) is 23.0 Å². The highest BCUT2D eigenvalue weighted by Gasteiger charge is 2.12. The van der Waals surface area contributed by atoms with E-state index in [0.717, 1.165) is 17.1 Å². The van der Waals surface area contributed by atoms with Gasteiger partial charge in [-0.1, -0.05) is 66.7 Å². The SMILES string of the molecule is Br.OCCN=c1nc(-c2ccccc2)n(-c2cccc3ccccc23)s1. The molecule has 132 valence electrons. The van der Waals surface area contributed by atoms with Gasteiger partial charge in [0.1, 0.15) is 0 Å². The molecular formula is C20H18BrN3OS. The number of benzene rings is 3. The average molecular weight is 428 g/mol. The van der Waals surface area contributed by atoms with Crippen molar-refractivity contribution in [3.63, 3.8) is 0 Å². The molecule has 4 rings (SSSR count). The van der Waals surface area contributed by atoms with E-state index in [1.165, 1.54) is 22.3 Å². The maximum Gasteiger partial charge on any atom is 0.223 e. The number of nitrogens with zero attached hydrogens (tertiary/aromatic N) is 3.